The first-order valence-electron chi connectivity index (χ1n) is 4.01. The zero-order valence-electron chi connectivity index (χ0n) is 7.01. The normalized spacial score (nSPS) is 19.0. The van der Waals surface area contributed by atoms with Crippen molar-refractivity contribution >= 4 is 0 Å². The molecule has 0 radical (unpaired) electrons. The van der Waals surface area contributed by atoms with Gasteiger partial charge in [0.15, 0.2) is 0 Å². The molecule has 0 heteroatoms. The highest BCUT2D eigenvalue weighted by Gasteiger charge is 1.98. The average Bonchev–Trinajstić information content (AvgIpc) is 2.37. The smallest absolute Gasteiger partial charge is 0.0267 e. The molecule has 0 aromatic rings. The lowest BCUT2D eigenvalue weighted by Crippen LogP contribution is -1.75. The van der Waals surface area contributed by atoms with E-state index >= 15 is 0 Å². The van der Waals surface area contributed by atoms with Crippen molar-refractivity contribution in [3.8, 4) is 0 Å². The van der Waals surface area contributed by atoms with E-state index in [1.165, 1.54) is 11.1 Å². The predicted molar refractivity (Wildman–Crippen MR) is 50.4 cm³/mol. The summed E-state index contributed by atoms with van der Waals surface area (Å²) in [5.74, 6) is 0. The highest BCUT2D eigenvalue weighted by atomic mass is 14.0. The van der Waals surface area contributed by atoms with Crippen LogP contribution in [0.25, 0.3) is 0 Å². The first-order chi connectivity index (χ1) is 5.34. The molecule has 0 bridgehead atoms. The van der Waals surface area contributed by atoms with Crippen LogP contribution >= 0.6 is 0 Å². The molecule has 0 aliphatic heterocycles. The fraction of sp³-hybridized carbons (Fsp3) is 0.273. The average molecular weight is 146 g/mol. The molecule has 0 spiro atoms. The van der Waals surface area contributed by atoms with Gasteiger partial charge in [0.2, 0.25) is 0 Å². The maximum absolute atomic E-state index is 3.68. The van der Waals surface area contributed by atoms with E-state index in [9.17, 15) is 0 Å². The topological polar surface area (TPSA) is 0 Å². The second-order valence-corrected chi connectivity index (χ2v) is 2.73. The third kappa shape index (κ3) is 2.23. The Hall–Kier alpha value is -1.04. The van der Waals surface area contributed by atoms with E-state index in [1.54, 1.807) is 0 Å². The largest absolute Gasteiger partial charge is 0.103 e. The van der Waals surface area contributed by atoms with Crippen LogP contribution in [0.2, 0.25) is 0 Å². The lowest BCUT2D eigenvalue weighted by molar-refractivity contribution is 1.05. The van der Waals surface area contributed by atoms with Crippen LogP contribution in [0.15, 0.2) is 48.1 Å². The van der Waals surface area contributed by atoms with Crippen molar-refractivity contribution in [1.29, 1.82) is 0 Å². The van der Waals surface area contributed by atoms with Crippen LogP contribution in [0.3, 0.4) is 0 Å². The molecule has 0 fully saturated rings. The van der Waals surface area contributed by atoms with Crippen molar-refractivity contribution in [2.24, 2.45) is 0 Å². The molecule has 1 rings (SSSR count). The SMILES string of the molecule is C=CCC/C=C1/C=CC=C1C. The lowest BCUT2D eigenvalue weighted by atomic mass is 10.1. The molecule has 58 valence electrons. The van der Waals surface area contributed by atoms with Gasteiger partial charge in [-0.15, -0.1) is 6.58 Å². The molecule has 0 amide bonds. The Bertz CT molecular complexity index is 226. The summed E-state index contributed by atoms with van der Waals surface area (Å²) in [6, 6.07) is 0. The second kappa shape index (κ2) is 3.97. The summed E-state index contributed by atoms with van der Waals surface area (Å²) in [6.07, 6.45) is 12.8. The van der Waals surface area contributed by atoms with E-state index in [2.05, 4.69) is 37.8 Å². The predicted octanol–water partition coefficient (Wildman–Crippen LogP) is 3.40. The maximum atomic E-state index is 3.68. The van der Waals surface area contributed by atoms with Gasteiger partial charge in [-0.3, -0.25) is 0 Å². The third-order valence-electron chi connectivity index (χ3n) is 1.81. The second-order valence-electron chi connectivity index (χ2n) is 2.73. The third-order valence-corrected chi connectivity index (χ3v) is 1.81. The molecule has 0 saturated heterocycles. The van der Waals surface area contributed by atoms with Crippen LogP contribution in [0.4, 0.5) is 0 Å². The van der Waals surface area contributed by atoms with E-state index in [0.717, 1.165) is 12.8 Å². The van der Waals surface area contributed by atoms with Gasteiger partial charge in [0.1, 0.15) is 0 Å². The molecule has 0 aromatic heterocycles. The summed E-state index contributed by atoms with van der Waals surface area (Å²) in [5.41, 5.74) is 2.74. The van der Waals surface area contributed by atoms with Crippen molar-refractivity contribution in [2.75, 3.05) is 0 Å². The molecule has 11 heavy (non-hydrogen) atoms. The van der Waals surface area contributed by atoms with Gasteiger partial charge < -0.3 is 0 Å². The Morgan fingerprint density at radius 1 is 1.45 bits per heavy atom. The maximum Gasteiger partial charge on any atom is -0.0267 e. The van der Waals surface area contributed by atoms with Gasteiger partial charge in [-0.1, -0.05) is 30.4 Å². The fourth-order valence-electron chi connectivity index (χ4n) is 1.11. The van der Waals surface area contributed by atoms with Crippen LogP contribution in [0.5, 0.6) is 0 Å². The summed E-state index contributed by atoms with van der Waals surface area (Å²) < 4.78 is 0. The molecule has 0 nitrogen and oxygen atoms in total. The van der Waals surface area contributed by atoms with Crippen LogP contribution in [0.1, 0.15) is 19.8 Å². The summed E-state index contributed by atoms with van der Waals surface area (Å²) >= 11 is 0. The van der Waals surface area contributed by atoms with Gasteiger partial charge in [-0.05, 0) is 30.9 Å². The molecule has 0 atom stereocenters. The molecule has 1 aliphatic rings. The standard InChI is InChI=1S/C11H14/c1-3-4-5-8-11-9-6-7-10(11)2/h3,6-9H,1,4-5H2,2H3/b11-8-. The van der Waals surface area contributed by atoms with Gasteiger partial charge >= 0.3 is 0 Å². The number of hydrogen-bond acceptors (Lipinski definition) is 0. The van der Waals surface area contributed by atoms with E-state index in [1.807, 2.05) is 6.08 Å². The quantitative estimate of drug-likeness (QED) is 0.423. The Morgan fingerprint density at radius 3 is 2.82 bits per heavy atom. The minimum atomic E-state index is 1.07. The van der Waals surface area contributed by atoms with Crippen LogP contribution in [-0.2, 0) is 0 Å². The highest BCUT2D eigenvalue weighted by molar-refractivity contribution is 5.46. The van der Waals surface area contributed by atoms with Gasteiger partial charge in [0, 0.05) is 0 Å². The van der Waals surface area contributed by atoms with Gasteiger partial charge in [-0.2, -0.15) is 0 Å². The van der Waals surface area contributed by atoms with Crippen LogP contribution in [-0.4, -0.2) is 0 Å². The van der Waals surface area contributed by atoms with Gasteiger partial charge in [0.05, 0.1) is 0 Å². The highest BCUT2D eigenvalue weighted by Crippen LogP contribution is 2.17. The van der Waals surface area contributed by atoms with Gasteiger partial charge in [-0.25, -0.2) is 0 Å². The minimum Gasteiger partial charge on any atom is -0.103 e. The van der Waals surface area contributed by atoms with Crippen LogP contribution < -0.4 is 0 Å². The summed E-state index contributed by atoms with van der Waals surface area (Å²) in [5, 5.41) is 0. The van der Waals surface area contributed by atoms with E-state index in [0.29, 0.717) is 0 Å². The van der Waals surface area contributed by atoms with Crippen LogP contribution in [0, 0.1) is 0 Å². The summed E-state index contributed by atoms with van der Waals surface area (Å²) in [7, 11) is 0. The van der Waals surface area contributed by atoms with Crippen molar-refractivity contribution < 1.29 is 0 Å². The summed E-state index contributed by atoms with van der Waals surface area (Å²) in [4.78, 5) is 0. The Balaban J connectivity index is 2.47. The molecule has 0 saturated carbocycles. The Kier molecular flexibility index (Phi) is 2.91. The Morgan fingerprint density at radius 2 is 2.27 bits per heavy atom. The molecule has 1 aliphatic carbocycles. The van der Waals surface area contributed by atoms with Crippen molar-refractivity contribution in [3.63, 3.8) is 0 Å². The van der Waals surface area contributed by atoms with E-state index < -0.39 is 0 Å². The first-order valence-corrected chi connectivity index (χ1v) is 4.01. The first kappa shape index (κ1) is 8.06. The van der Waals surface area contributed by atoms with Crippen molar-refractivity contribution in [1.82, 2.24) is 0 Å². The molecule has 0 heterocycles. The zero-order chi connectivity index (χ0) is 8.10. The number of unbranched alkanes of at least 4 members (excludes halogenated alkanes) is 1. The fourth-order valence-corrected chi connectivity index (χ4v) is 1.11. The Labute approximate surface area is 68.6 Å². The molecule has 0 unspecified atom stereocenters. The number of rotatable bonds is 3. The molecule has 0 N–H and O–H groups in total. The summed E-state index contributed by atoms with van der Waals surface area (Å²) in [6.45, 7) is 5.82. The molecular formula is C11H14. The number of hydrogen-bond donors (Lipinski definition) is 0. The van der Waals surface area contributed by atoms with Crippen molar-refractivity contribution in [2.45, 2.75) is 19.8 Å². The van der Waals surface area contributed by atoms with E-state index in [4.69, 9.17) is 0 Å². The van der Waals surface area contributed by atoms with E-state index in [-0.39, 0.29) is 0 Å². The van der Waals surface area contributed by atoms with Gasteiger partial charge in [0.25, 0.3) is 0 Å². The molecule has 0 aromatic carbocycles. The van der Waals surface area contributed by atoms with Crippen molar-refractivity contribution in [3.05, 3.63) is 48.1 Å². The zero-order valence-corrected chi connectivity index (χ0v) is 7.01. The lowest BCUT2D eigenvalue weighted by Gasteiger charge is -1.95. The monoisotopic (exact) mass is 146 g/mol. The number of allylic oxidation sites excluding steroid dienone is 7. The minimum absolute atomic E-state index is 1.07. The molecular weight excluding hydrogens is 132 g/mol.